The fourth-order valence-corrected chi connectivity index (χ4v) is 7.70. The van der Waals surface area contributed by atoms with Gasteiger partial charge >= 0.3 is 175 Å². The van der Waals surface area contributed by atoms with E-state index in [9.17, 15) is 9.59 Å². The minimum absolute atomic E-state index is 0.00799. The standard InChI is InChI=1S/C24H34NO3P/c1-6-29(7-2,17-22(26)28-16-21-14-9-8-10-15-21)20(5)24(27)25-23-18(3)12-11-13-19(23)4/h8-15,20,29H,6-7,16-17H2,1-5H3,(H,25,27). The number of esters is 1. The Hall–Kier alpha value is -2.19. The Balaban J connectivity index is 2.08. The quantitative estimate of drug-likeness (QED) is 0.454. The fraction of sp³-hybridized carbons (Fsp3) is 0.417. The Labute approximate surface area is 175 Å². The van der Waals surface area contributed by atoms with Gasteiger partial charge in [0, 0.05) is 0 Å². The van der Waals surface area contributed by atoms with Gasteiger partial charge in [0.2, 0.25) is 0 Å². The molecular weight excluding hydrogens is 381 g/mol. The van der Waals surface area contributed by atoms with Gasteiger partial charge < -0.3 is 0 Å². The zero-order chi connectivity index (χ0) is 21.4. The summed E-state index contributed by atoms with van der Waals surface area (Å²) in [6.45, 7) is 10.5. The first-order valence-electron chi connectivity index (χ1n) is 10.4. The summed E-state index contributed by atoms with van der Waals surface area (Å²) in [5, 5.41) is 3.13. The van der Waals surface area contributed by atoms with E-state index < -0.39 is 7.26 Å². The molecule has 0 aromatic heterocycles. The molecule has 2 rings (SSSR count). The molecule has 0 saturated carbocycles. The first-order chi connectivity index (χ1) is 13.8. The van der Waals surface area contributed by atoms with E-state index in [0.29, 0.717) is 6.16 Å². The van der Waals surface area contributed by atoms with Gasteiger partial charge in [-0.3, -0.25) is 0 Å². The molecule has 0 radical (unpaired) electrons. The Bertz CT molecular complexity index is 811. The van der Waals surface area contributed by atoms with E-state index in [0.717, 1.165) is 34.7 Å². The number of carbonyl (C=O) groups is 2. The van der Waals surface area contributed by atoms with Gasteiger partial charge in [-0.05, 0) is 0 Å². The summed E-state index contributed by atoms with van der Waals surface area (Å²) in [6, 6.07) is 15.7. The van der Waals surface area contributed by atoms with Crippen molar-refractivity contribution in [3.8, 4) is 0 Å². The van der Waals surface area contributed by atoms with Crippen LogP contribution in [0.3, 0.4) is 0 Å². The second-order valence-electron chi connectivity index (χ2n) is 7.87. The number of hydrogen-bond donors (Lipinski definition) is 1. The van der Waals surface area contributed by atoms with Crippen LogP contribution in [0, 0.1) is 13.8 Å². The number of aryl methyl sites for hydroxylation is 2. The molecule has 0 aliphatic rings. The first-order valence-corrected chi connectivity index (χ1v) is 13.1. The van der Waals surface area contributed by atoms with E-state index in [4.69, 9.17) is 4.74 Å². The van der Waals surface area contributed by atoms with Gasteiger partial charge in [-0.2, -0.15) is 0 Å². The van der Waals surface area contributed by atoms with Crippen molar-refractivity contribution in [1.29, 1.82) is 0 Å². The van der Waals surface area contributed by atoms with E-state index in [1.54, 1.807) is 0 Å². The topological polar surface area (TPSA) is 55.4 Å². The molecule has 1 unspecified atom stereocenters. The second kappa shape index (κ2) is 10.5. The van der Waals surface area contributed by atoms with Gasteiger partial charge in [-0.1, -0.05) is 0 Å². The molecule has 1 amide bonds. The van der Waals surface area contributed by atoms with Crippen LogP contribution in [0.15, 0.2) is 48.5 Å². The zero-order valence-electron chi connectivity index (χ0n) is 18.2. The molecule has 158 valence electrons. The molecule has 0 fully saturated rings. The SMILES string of the molecule is CC[PH](CC)(CC(=O)OCc1ccccc1)C(C)C(=O)Nc1c(C)cccc1C. The monoisotopic (exact) mass is 415 g/mol. The van der Waals surface area contributed by atoms with Gasteiger partial charge in [0.1, 0.15) is 0 Å². The maximum atomic E-state index is 13.1. The summed E-state index contributed by atoms with van der Waals surface area (Å²) in [7, 11) is -2.19. The zero-order valence-corrected chi connectivity index (χ0v) is 19.2. The number of ether oxygens (including phenoxy) is 1. The molecule has 0 saturated heterocycles. The number of amides is 1. The van der Waals surface area contributed by atoms with Crippen molar-refractivity contribution in [3.05, 3.63) is 65.2 Å². The molecule has 0 aliphatic heterocycles. The van der Waals surface area contributed by atoms with E-state index in [1.165, 1.54) is 0 Å². The average Bonchev–Trinajstić information content (AvgIpc) is 2.73. The third kappa shape index (κ3) is 5.90. The number of nitrogens with one attached hydrogen (secondary N) is 1. The number of hydrogen-bond acceptors (Lipinski definition) is 3. The average molecular weight is 416 g/mol. The van der Waals surface area contributed by atoms with Gasteiger partial charge in [-0.25, -0.2) is 0 Å². The van der Waals surface area contributed by atoms with E-state index in [-0.39, 0.29) is 24.1 Å². The van der Waals surface area contributed by atoms with Gasteiger partial charge in [0.15, 0.2) is 0 Å². The first kappa shape index (κ1) is 23.1. The summed E-state index contributed by atoms with van der Waals surface area (Å²) >= 11 is 0. The van der Waals surface area contributed by atoms with Crippen LogP contribution >= 0.6 is 7.26 Å². The van der Waals surface area contributed by atoms with Crippen LogP contribution in [0.5, 0.6) is 0 Å². The van der Waals surface area contributed by atoms with Gasteiger partial charge in [-0.15, -0.1) is 0 Å². The van der Waals surface area contributed by atoms with E-state index >= 15 is 0 Å². The van der Waals surface area contributed by atoms with Gasteiger partial charge in [0.05, 0.1) is 0 Å². The minimum atomic E-state index is -2.19. The summed E-state index contributed by atoms with van der Waals surface area (Å²) in [6.07, 6.45) is 2.10. The van der Waals surface area contributed by atoms with Crippen LogP contribution < -0.4 is 5.32 Å². The maximum absolute atomic E-state index is 13.1. The van der Waals surface area contributed by atoms with E-state index in [2.05, 4.69) is 19.2 Å². The second-order valence-corrected chi connectivity index (χ2v) is 13.2. The van der Waals surface area contributed by atoms with Crippen LogP contribution in [-0.4, -0.2) is 36.0 Å². The molecule has 1 N–H and O–H groups in total. The predicted octanol–water partition coefficient (Wildman–Crippen LogP) is 5.16. The third-order valence-corrected chi connectivity index (χ3v) is 12.1. The van der Waals surface area contributed by atoms with Crippen molar-refractivity contribution >= 4 is 24.8 Å². The van der Waals surface area contributed by atoms with Crippen molar-refractivity contribution in [1.82, 2.24) is 0 Å². The van der Waals surface area contributed by atoms with Crippen molar-refractivity contribution in [3.63, 3.8) is 0 Å². The molecule has 2 aromatic carbocycles. The van der Waals surface area contributed by atoms with Crippen LogP contribution in [-0.2, 0) is 20.9 Å². The molecule has 1 atom stereocenters. The number of carbonyl (C=O) groups excluding carboxylic acids is 2. The molecule has 0 spiro atoms. The van der Waals surface area contributed by atoms with Crippen LogP contribution in [0.25, 0.3) is 0 Å². The molecule has 0 heterocycles. The molecule has 2 aromatic rings. The van der Waals surface area contributed by atoms with E-state index in [1.807, 2.05) is 69.3 Å². The van der Waals surface area contributed by atoms with Crippen LogP contribution in [0.1, 0.15) is 37.5 Å². The Morgan fingerprint density at radius 1 is 0.966 bits per heavy atom. The molecular formula is C24H34NO3P. The number of anilines is 1. The number of rotatable bonds is 9. The van der Waals surface area contributed by atoms with Crippen molar-refractivity contribution in [2.75, 3.05) is 23.8 Å². The Morgan fingerprint density at radius 3 is 2.10 bits per heavy atom. The Morgan fingerprint density at radius 2 is 1.55 bits per heavy atom. The number of para-hydroxylation sites is 1. The summed E-state index contributed by atoms with van der Waals surface area (Å²) in [5.74, 6) is -0.190. The summed E-state index contributed by atoms with van der Waals surface area (Å²) in [4.78, 5) is 25.7. The summed E-state index contributed by atoms with van der Waals surface area (Å²) in [5.41, 5.74) is 3.77. The molecule has 5 heteroatoms. The summed E-state index contributed by atoms with van der Waals surface area (Å²) < 4.78 is 5.54. The molecule has 4 nitrogen and oxygen atoms in total. The normalized spacial score (nSPS) is 12.9. The van der Waals surface area contributed by atoms with Crippen LogP contribution in [0.4, 0.5) is 5.69 Å². The fourth-order valence-electron chi connectivity index (χ4n) is 3.86. The van der Waals surface area contributed by atoms with Crippen LogP contribution in [0.2, 0.25) is 0 Å². The predicted molar refractivity (Wildman–Crippen MR) is 125 cm³/mol. The van der Waals surface area contributed by atoms with Crippen molar-refractivity contribution in [2.24, 2.45) is 0 Å². The molecule has 0 aliphatic carbocycles. The number of benzene rings is 2. The molecule has 29 heavy (non-hydrogen) atoms. The Kier molecular flexibility index (Phi) is 8.40. The van der Waals surface area contributed by atoms with Crippen molar-refractivity contribution < 1.29 is 14.3 Å². The van der Waals surface area contributed by atoms with Gasteiger partial charge in [0.25, 0.3) is 0 Å². The van der Waals surface area contributed by atoms with Crippen molar-refractivity contribution in [2.45, 2.75) is 46.9 Å². The third-order valence-electron chi connectivity index (χ3n) is 6.19. The molecule has 0 bridgehead atoms.